The van der Waals surface area contributed by atoms with Crippen molar-refractivity contribution in [2.24, 2.45) is 5.73 Å². The van der Waals surface area contributed by atoms with E-state index in [4.69, 9.17) is 11.0 Å². The Hall–Kier alpha value is -3.59. The van der Waals surface area contributed by atoms with Gasteiger partial charge in [0.2, 0.25) is 0 Å². The minimum atomic E-state index is -0.566. The van der Waals surface area contributed by atoms with E-state index < -0.39 is 6.03 Å². The fourth-order valence-electron chi connectivity index (χ4n) is 4.45. The van der Waals surface area contributed by atoms with Crippen LogP contribution in [0.2, 0.25) is 0 Å². The Kier molecular flexibility index (Phi) is 12.4. The molecule has 0 bridgehead atoms. The van der Waals surface area contributed by atoms with Crippen LogP contribution in [-0.4, -0.2) is 29.8 Å². The van der Waals surface area contributed by atoms with Crippen molar-refractivity contribution in [3.05, 3.63) is 71.3 Å². The van der Waals surface area contributed by atoms with Gasteiger partial charge in [-0.3, -0.25) is 0 Å². The van der Waals surface area contributed by atoms with Gasteiger partial charge >= 0.3 is 6.03 Å². The van der Waals surface area contributed by atoms with E-state index in [1.807, 2.05) is 44.2 Å². The Labute approximate surface area is 222 Å². The molecule has 2 aromatic rings. The normalized spacial score (nSPS) is 14.8. The molecule has 3 N–H and O–H groups in total. The molecular formula is C31H42N4O2. The molecule has 2 fully saturated rings. The topological polar surface area (TPSA) is 99.2 Å². The minimum Gasteiger partial charge on any atom is -0.371 e. The van der Waals surface area contributed by atoms with Gasteiger partial charge in [0.1, 0.15) is 5.78 Å². The Morgan fingerprint density at radius 1 is 1.05 bits per heavy atom. The molecule has 1 aliphatic heterocycles. The Bertz CT molecular complexity index is 1070. The van der Waals surface area contributed by atoms with Crippen LogP contribution in [0.1, 0.15) is 93.4 Å². The number of rotatable bonds is 5. The third kappa shape index (κ3) is 10.1. The molecule has 1 saturated carbocycles. The van der Waals surface area contributed by atoms with Crippen LogP contribution in [-0.2, 0) is 4.79 Å². The van der Waals surface area contributed by atoms with E-state index in [0.717, 1.165) is 42.8 Å². The van der Waals surface area contributed by atoms with Crippen LogP contribution >= 0.6 is 0 Å². The fraction of sp³-hybridized carbons (Fsp3) is 0.452. The number of aryl methyl sites for hydroxylation is 1. The third-order valence-electron chi connectivity index (χ3n) is 6.96. The van der Waals surface area contributed by atoms with Gasteiger partial charge < -0.3 is 20.7 Å². The first-order valence-electron chi connectivity index (χ1n) is 13.4. The maximum atomic E-state index is 11.2. The first kappa shape index (κ1) is 29.6. The summed E-state index contributed by atoms with van der Waals surface area (Å²) in [6, 6.07) is 15.4. The molecule has 0 radical (unpaired) electrons. The van der Waals surface area contributed by atoms with Crippen LogP contribution in [0.3, 0.4) is 0 Å². The standard InChI is InChI=1S/C22H24N4O.C5H10.C4H8O/c1-15-3-6-20(13-21(15)25-22(24)27)16(2)26-11-9-19(10-12-26)18-7-4-17(14-23)5-8-18;1-2-4-5-3-1;1-3-4(2)5/h3-8,13,19H,2,9-12H2,1H3,(H3,24,25,27);1-5H2;3H2,1-2H3. The van der Waals surface area contributed by atoms with Crippen molar-refractivity contribution in [2.45, 2.75) is 78.1 Å². The highest BCUT2D eigenvalue weighted by Crippen LogP contribution is 2.32. The smallest absolute Gasteiger partial charge is 0.316 e. The zero-order valence-electron chi connectivity index (χ0n) is 22.7. The van der Waals surface area contributed by atoms with Gasteiger partial charge in [0.05, 0.1) is 11.6 Å². The number of Topliss-reactive ketones (excluding diaryl/α,β-unsaturated/α-hetero) is 1. The lowest BCUT2D eigenvalue weighted by Gasteiger charge is -2.35. The van der Waals surface area contributed by atoms with Crippen molar-refractivity contribution in [3.63, 3.8) is 0 Å². The van der Waals surface area contributed by atoms with Gasteiger partial charge in [-0.05, 0) is 67.5 Å². The van der Waals surface area contributed by atoms with Crippen LogP contribution in [0.25, 0.3) is 5.70 Å². The van der Waals surface area contributed by atoms with E-state index in [1.54, 1.807) is 6.92 Å². The number of hydrogen-bond acceptors (Lipinski definition) is 4. The SMILES string of the molecule is C1CCCC1.C=C(c1ccc(C)c(NC(N)=O)c1)N1CCC(c2ccc(C#N)cc2)CC1.CCC(C)=O. The zero-order valence-corrected chi connectivity index (χ0v) is 22.7. The average molecular weight is 503 g/mol. The van der Waals surface area contributed by atoms with Gasteiger partial charge in [0.25, 0.3) is 0 Å². The monoisotopic (exact) mass is 502 g/mol. The first-order valence-corrected chi connectivity index (χ1v) is 13.4. The number of carbonyl (C=O) groups excluding carboxylic acids is 2. The molecule has 0 spiro atoms. The predicted octanol–water partition coefficient (Wildman–Crippen LogP) is 7.14. The second-order valence-corrected chi connectivity index (χ2v) is 9.78. The minimum absolute atomic E-state index is 0.255. The number of likely N-dealkylation sites (tertiary alicyclic amines) is 1. The number of benzene rings is 2. The number of nitriles is 1. The molecule has 0 aromatic heterocycles. The molecule has 37 heavy (non-hydrogen) atoms. The number of carbonyl (C=O) groups is 2. The third-order valence-corrected chi connectivity index (χ3v) is 6.96. The number of hydrogen-bond donors (Lipinski definition) is 2. The number of amides is 2. The number of piperidine rings is 1. The molecule has 198 valence electrons. The molecule has 6 nitrogen and oxygen atoms in total. The summed E-state index contributed by atoms with van der Waals surface area (Å²) < 4.78 is 0. The number of nitrogens with zero attached hydrogens (tertiary/aromatic N) is 2. The first-order chi connectivity index (χ1) is 17.7. The molecule has 0 atom stereocenters. The quantitative estimate of drug-likeness (QED) is 0.454. The summed E-state index contributed by atoms with van der Waals surface area (Å²) in [5.41, 5.74) is 10.9. The molecule has 1 saturated heterocycles. The summed E-state index contributed by atoms with van der Waals surface area (Å²) >= 11 is 0. The lowest BCUT2D eigenvalue weighted by Crippen LogP contribution is -2.31. The van der Waals surface area contributed by atoms with Crippen LogP contribution in [0.4, 0.5) is 10.5 Å². The van der Waals surface area contributed by atoms with Crippen LogP contribution in [0.15, 0.2) is 49.0 Å². The average Bonchev–Trinajstić information content (AvgIpc) is 3.50. The molecule has 1 aliphatic carbocycles. The van der Waals surface area contributed by atoms with Crippen molar-refractivity contribution < 1.29 is 9.59 Å². The number of urea groups is 1. The molecule has 2 aromatic carbocycles. The van der Waals surface area contributed by atoms with E-state index >= 15 is 0 Å². The Morgan fingerprint density at radius 3 is 2.05 bits per heavy atom. The van der Waals surface area contributed by atoms with Gasteiger partial charge in [0.15, 0.2) is 0 Å². The van der Waals surface area contributed by atoms with Crippen molar-refractivity contribution in [1.82, 2.24) is 4.90 Å². The summed E-state index contributed by atoms with van der Waals surface area (Å²) in [5, 5.41) is 11.6. The molecule has 6 heteroatoms. The number of primary amides is 1. The Balaban J connectivity index is 0.000000403. The molecule has 1 heterocycles. The van der Waals surface area contributed by atoms with E-state index in [9.17, 15) is 9.59 Å². The van der Waals surface area contributed by atoms with E-state index in [2.05, 4.69) is 35.0 Å². The molecule has 4 rings (SSSR count). The summed E-state index contributed by atoms with van der Waals surface area (Å²) in [6.07, 6.45) is 10.3. The summed E-state index contributed by atoms with van der Waals surface area (Å²) in [5.74, 6) is 0.761. The van der Waals surface area contributed by atoms with Crippen molar-refractivity contribution in [3.8, 4) is 6.07 Å². The van der Waals surface area contributed by atoms with Crippen molar-refractivity contribution in [2.75, 3.05) is 18.4 Å². The summed E-state index contributed by atoms with van der Waals surface area (Å²) in [6.45, 7) is 11.5. The summed E-state index contributed by atoms with van der Waals surface area (Å²) in [7, 11) is 0. The predicted molar refractivity (Wildman–Crippen MR) is 152 cm³/mol. The second kappa shape index (κ2) is 15.5. The summed E-state index contributed by atoms with van der Waals surface area (Å²) in [4.78, 5) is 23.3. The van der Waals surface area contributed by atoms with Crippen molar-refractivity contribution in [1.29, 1.82) is 5.26 Å². The number of anilines is 1. The maximum absolute atomic E-state index is 11.2. The van der Waals surface area contributed by atoms with Crippen LogP contribution < -0.4 is 11.1 Å². The van der Waals surface area contributed by atoms with Gasteiger partial charge in [-0.15, -0.1) is 0 Å². The molecule has 0 unspecified atom stereocenters. The lowest BCUT2D eigenvalue weighted by molar-refractivity contribution is -0.116. The molecule has 2 amide bonds. The lowest BCUT2D eigenvalue weighted by atomic mass is 9.88. The molecule has 2 aliphatic rings. The fourth-order valence-corrected chi connectivity index (χ4v) is 4.45. The molecular weight excluding hydrogens is 460 g/mol. The Morgan fingerprint density at radius 2 is 1.59 bits per heavy atom. The van der Waals surface area contributed by atoms with Crippen LogP contribution in [0, 0.1) is 18.3 Å². The van der Waals surface area contributed by atoms with E-state index in [0.29, 0.717) is 23.6 Å². The van der Waals surface area contributed by atoms with E-state index in [1.165, 1.54) is 37.7 Å². The second-order valence-electron chi connectivity index (χ2n) is 9.78. The maximum Gasteiger partial charge on any atom is 0.316 e. The number of nitrogens with one attached hydrogen (secondary N) is 1. The van der Waals surface area contributed by atoms with Gasteiger partial charge in [0, 0.05) is 30.9 Å². The zero-order chi connectivity index (χ0) is 27.2. The van der Waals surface area contributed by atoms with E-state index in [-0.39, 0.29) is 5.78 Å². The number of nitrogens with two attached hydrogens (primary N) is 1. The van der Waals surface area contributed by atoms with Gasteiger partial charge in [-0.1, -0.05) is 69.9 Å². The highest BCUT2D eigenvalue weighted by molar-refractivity contribution is 5.89. The van der Waals surface area contributed by atoms with Crippen molar-refractivity contribution >= 4 is 23.2 Å². The van der Waals surface area contributed by atoms with Crippen LogP contribution in [0.5, 0.6) is 0 Å². The highest BCUT2D eigenvalue weighted by atomic mass is 16.2. The largest absolute Gasteiger partial charge is 0.371 e. The van der Waals surface area contributed by atoms with Gasteiger partial charge in [-0.25, -0.2) is 4.79 Å². The number of ketones is 1. The highest BCUT2D eigenvalue weighted by Gasteiger charge is 2.22. The van der Waals surface area contributed by atoms with Gasteiger partial charge in [-0.2, -0.15) is 5.26 Å².